The van der Waals surface area contributed by atoms with E-state index in [9.17, 15) is 14.4 Å². The highest BCUT2D eigenvalue weighted by Gasteiger charge is 2.39. The fraction of sp³-hybridized carbons (Fsp3) is 0.400. The molecule has 0 aliphatic carbocycles. The summed E-state index contributed by atoms with van der Waals surface area (Å²) in [6.07, 6.45) is -0.503. The van der Waals surface area contributed by atoms with Crippen molar-refractivity contribution in [3.8, 4) is 0 Å². The summed E-state index contributed by atoms with van der Waals surface area (Å²) < 4.78 is 4.95. The van der Waals surface area contributed by atoms with E-state index in [-0.39, 0.29) is 19.1 Å². The summed E-state index contributed by atoms with van der Waals surface area (Å²) in [5.74, 6) is -2.32. The zero-order valence-corrected chi connectivity index (χ0v) is 11.7. The summed E-state index contributed by atoms with van der Waals surface area (Å²) in [5.41, 5.74) is 0.990. The molecule has 21 heavy (non-hydrogen) atoms. The number of amides is 2. The molecule has 0 unspecified atom stereocenters. The van der Waals surface area contributed by atoms with Crippen LogP contribution in [0.25, 0.3) is 0 Å². The minimum atomic E-state index is -1.07. The lowest BCUT2D eigenvalue weighted by atomic mass is 10.0. The van der Waals surface area contributed by atoms with Crippen LogP contribution in [-0.4, -0.2) is 40.6 Å². The fourth-order valence-electron chi connectivity index (χ4n) is 2.35. The maximum Gasteiger partial charge on any atom is 0.416 e. The number of hydrogen-bond acceptors (Lipinski definition) is 4. The van der Waals surface area contributed by atoms with Gasteiger partial charge >= 0.3 is 12.1 Å². The second-order valence-corrected chi connectivity index (χ2v) is 5.13. The molecule has 1 aromatic carbocycles. The van der Waals surface area contributed by atoms with Gasteiger partial charge in [0, 0.05) is 5.92 Å². The smallest absolute Gasteiger partial charge is 0.416 e. The van der Waals surface area contributed by atoms with Crippen LogP contribution in [-0.2, 0) is 20.7 Å². The van der Waals surface area contributed by atoms with Crippen LogP contribution in [0.4, 0.5) is 4.79 Å². The number of ether oxygens (including phenoxy) is 1. The Labute approximate surface area is 122 Å². The molecule has 2 amide bonds. The zero-order valence-electron chi connectivity index (χ0n) is 11.7. The van der Waals surface area contributed by atoms with Crippen molar-refractivity contribution in [2.24, 2.45) is 5.92 Å². The number of nitrogens with zero attached hydrogens (tertiary/aromatic N) is 1. The van der Waals surface area contributed by atoms with Gasteiger partial charge < -0.3 is 9.84 Å². The van der Waals surface area contributed by atoms with Crippen LogP contribution in [0.2, 0.25) is 0 Å². The van der Waals surface area contributed by atoms with Crippen molar-refractivity contribution >= 4 is 18.0 Å². The number of aliphatic carboxylic acids is 1. The molecule has 0 saturated carbocycles. The number of carboxylic acid groups (broad SMARTS) is 1. The Morgan fingerprint density at radius 3 is 2.67 bits per heavy atom. The highest BCUT2D eigenvalue weighted by Crippen LogP contribution is 2.21. The molecule has 0 bridgehead atoms. The van der Waals surface area contributed by atoms with Gasteiger partial charge in [0.15, 0.2) is 0 Å². The quantitative estimate of drug-likeness (QED) is 0.892. The predicted molar refractivity (Wildman–Crippen MR) is 73.5 cm³/mol. The van der Waals surface area contributed by atoms with Crippen LogP contribution in [0.1, 0.15) is 18.9 Å². The number of imide groups is 1. The number of carbonyl (C=O) groups is 3. The molecular weight excluding hydrogens is 274 g/mol. The maximum atomic E-state index is 12.3. The SMILES string of the molecule is C[C@H](CC(=O)O)C(=O)N1C(=O)OC[C@@H]1Cc1ccccc1. The van der Waals surface area contributed by atoms with Crippen LogP contribution >= 0.6 is 0 Å². The van der Waals surface area contributed by atoms with E-state index in [1.165, 1.54) is 6.92 Å². The van der Waals surface area contributed by atoms with Crippen molar-refractivity contribution in [1.82, 2.24) is 4.90 Å². The number of cyclic esters (lactones) is 1. The Balaban J connectivity index is 2.09. The van der Waals surface area contributed by atoms with Gasteiger partial charge in [-0.1, -0.05) is 37.3 Å². The highest BCUT2D eigenvalue weighted by atomic mass is 16.6. The van der Waals surface area contributed by atoms with Crippen LogP contribution in [0.3, 0.4) is 0 Å². The molecule has 2 rings (SSSR count). The van der Waals surface area contributed by atoms with E-state index >= 15 is 0 Å². The minimum absolute atomic E-state index is 0.138. The van der Waals surface area contributed by atoms with Crippen molar-refractivity contribution < 1.29 is 24.2 Å². The Morgan fingerprint density at radius 1 is 1.38 bits per heavy atom. The Kier molecular flexibility index (Phi) is 4.57. The molecule has 6 heteroatoms. The molecule has 112 valence electrons. The summed E-state index contributed by atoms with van der Waals surface area (Å²) in [4.78, 5) is 35.7. The van der Waals surface area contributed by atoms with Crippen LogP contribution in [0, 0.1) is 5.92 Å². The number of carbonyl (C=O) groups excluding carboxylic acids is 2. The van der Waals surface area contributed by atoms with Gasteiger partial charge in [-0.05, 0) is 12.0 Å². The molecule has 0 spiro atoms. The van der Waals surface area contributed by atoms with Crippen LogP contribution < -0.4 is 0 Å². The topological polar surface area (TPSA) is 83.9 Å². The van der Waals surface area contributed by atoms with E-state index in [1.807, 2.05) is 30.3 Å². The van der Waals surface area contributed by atoms with Gasteiger partial charge in [0.2, 0.25) is 5.91 Å². The largest absolute Gasteiger partial charge is 0.481 e. The van der Waals surface area contributed by atoms with E-state index < -0.39 is 23.9 Å². The first-order chi connectivity index (χ1) is 9.99. The molecule has 1 heterocycles. The second kappa shape index (κ2) is 6.39. The number of hydrogen-bond donors (Lipinski definition) is 1. The summed E-state index contributed by atoms with van der Waals surface area (Å²) in [6, 6.07) is 9.08. The third-order valence-electron chi connectivity index (χ3n) is 3.42. The molecule has 1 saturated heterocycles. The molecule has 1 fully saturated rings. The molecule has 2 atom stereocenters. The first-order valence-electron chi connectivity index (χ1n) is 6.74. The zero-order chi connectivity index (χ0) is 15.4. The normalized spacial score (nSPS) is 19.2. The molecule has 1 N–H and O–H groups in total. The predicted octanol–water partition coefficient (Wildman–Crippen LogP) is 1.69. The summed E-state index contributed by atoms with van der Waals surface area (Å²) in [7, 11) is 0. The number of rotatable bonds is 5. The van der Waals surface area contributed by atoms with E-state index in [2.05, 4.69) is 0 Å². The maximum absolute atomic E-state index is 12.3. The monoisotopic (exact) mass is 291 g/mol. The van der Waals surface area contributed by atoms with Crippen molar-refractivity contribution in [2.45, 2.75) is 25.8 Å². The van der Waals surface area contributed by atoms with Gasteiger partial charge in [-0.2, -0.15) is 0 Å². The molecule has 1 aromatic rings. The Hall–Kier alpha value is -2.37. The van der Waals surface area contributed by atoms with Gasteiger partial charge in [0.05, 0.1) is 12.5 Å². The van der Waals surface area contributed by atoms with E-state index in [1.54, 1.807) is 0 Å². The summed E-state index contributed by atoms with van der Waals surface area (Å²) in [5, 5.41) is 8.76. The van der Waals surface area contributed by atoms with Gasteiger partial charge in [-0.15, -0.1) is 0 Å². The van der Waals surface area contributed by atoms with E-state index in [0.29, 0.717) is 6.42 Å². The van der Waals surface area contributed by atoms with Crippen molar-refractivity contribution in [2.75, 3.05) is 6.61 Å². The second-order valence-electron chi connectivity index (χ2n) is 5.13. The third-order valence-corrected chi connectivity index (χ3v) is 3.42. The van der Waals surface area contributed by atoms with Gasteiger partial charge in [-0.25, -0.2) is 9.69 Å². The third kappa shape index (κ3) is 3.59. The molecule has 1 aliphatic rings. The molecule has 1 aliphatic heterocycles. The van der Waals surface area contributed by atoms with E-state index in [4.69, 9.17) is 9.84 Å². The average Bonchev–Trinajstić information content (AvgIpc) is 2.79. The minimum Gasteiger partial charge on any atom is -0.481 e. The number of benzene rings is 1. The molecule has 6 nitrogen and oxygen atoms in total. The number of carboxylic acids is 1. The summed E-state index contributed by atoms with van der Waals surface area (Å²) >= 11 is 0. The first kappa shape index (κ1) is 15.0. The summed E-state index contributed by atoms with van der Waals surface area (Å²) in [6.45, 7) is 1.64. The lowest BCUT2D eigenvalue weighted by molar-refractivity contribution is -0.143. The Bertz CT molecular complexity index is 542. The van der Waals surface area contributed by atoms with Gasteiger partial charge in [-0.3, -0.25) is 9.59 Å². The lowest BCUT2D eigenvalue weighted by Gasteiger charge is -2.22. The highest BCUT2D eigenvalue weighted by molar-refractivity contribution is 5.95. The van der Waals surface area contributed by atoms with E-state index in [0.717, 1.165) is 10.5 Å². The Morgan fingerprint density at radius 2 is 2.05 bits per heavy atom. The molecule has 0 aromatic heterocycles. The van der Waals surface area contributed by atoms with Crippen molar-refractivity contribution in [3.63, 3.8) is 0 Å². The standard InChI is InChI=1S/C15H17NO5/c1-10(7-13(17)18)14(19)16-12(9-21-15(16)20)8-11-5-3-2-4-6-11/h2-6,10,12H,7-9H2,1H3,(H,17,18)/t10-,12+/m1/s1. The first-order valence-corrected chi connectivity index (χ1v) is 6.74. The fourth-order valence-corrected chi connectivity index (χ4v) is 2.35. The van der Waals surface area contributed by atoms with Crippen LogP contribution in [0.5, 0.6) is 0 Å². The lowest BCUT2D eigenvalue weighted by Crippen LogP contribution is -2.43. The average molecular weight is 291 g/mol. The van der Waals surface area contributed by atoms with Crippen molar-refractivity contribution in [3.05, 3.63) is 35.9 Å². The van der Waals surface area contributed by atoms with Crippen molar-refractivity contribution in [1.29, 1.82) is 0 Å². The molecule has 0 radical (unpaired) electrons. The van der Waals surface area contributed by atoms with Gasteiger partial charge in [0.1, 0.15) is 6.61 Å². The van der Waals surface area contributed by atoms with Gasteiger partial charge in [0.25, 0.3) is 0 Å². The molecular formula is C15H17NO5. The van der Waals surface area contributed by atoms with Crippen LogP contribution in [0.15, 0.2) is 30.3 Å².